The highest BCUT2D eigenvalue weighted by atomic mass is 16.5. The van der Waals surface area contributed by atoms with Crippen LogP contribution in [-0.4, -0.2) is 79.4 Å². The van der Waals surface area contributed by atoms with Crippen LogP contribution in [0.4, 0.5) is 0 Å². The van der Waals surface area contributed by atoms with Crippen LogP contribution in [0.5, 0.6) is 5.75 Å². The molecule has 1 heterocycles. The van der Waals surface area contributed by atoms with E-state index in [0.717, 1.165) is 17.7 Å². The molecule has 6 heteroatoms. The minimum atomic E-state index is -0.117. The van der Waals surface area contributed by atoms with Crippen LogP contribution in [0.1, 0.15) is 43.1 Å². The quantitative estimate of drug-likeness (QED) is 0.751. The van der Waals surface area contributed by atoms with E-state index in [1.54, 1.807) is 13.2 Å². The predicted octanol–water partition coefficient (Wildman–Crippen LogP) is 2.65. The molecular formula is C22H35N3O3. The van der Waals surface area contributed by atoms with Gasteiger partial charge >= 0.3 is 0 Å². The number of hydrogen-bond donors (Lipinski definition) is 0. The van der Waals surface area contributed by atoms with Gasteiger partial charge in [0.15, 0.2) is 0 Å². The fourth-order valence-electron chi connectivity index (χ4n) is 3.83. The fraction of sp³-hybridized carbons (Fsp3) is 0.636. The average Bonchev–Trinajstić information content (AvgIpc) is 2.64. The van der Waals surface area contributed by atoms with Gasteiger partial charge < -0.3 is 14.5 Å². The molecule has 2 amide bonds. The zero-order chi connectivity index (χ0) is 21.0. The summed E-state index contributed by atoms with van der Waals surface area (Å²) in [6.07, 6.45) is 0.836. The summed E-state index contributed by atoms with van der Waals surface area (Å²) >= 11 is 0. The number of amides is 2. The minimum Gasteiger partial charge on any atom is -0.496 e. The molecule has 1 aromatic carbocycles. The number of piperazine rings is 1. The first-order chi connectivity index (χ1) is 13.1. The molecule has 0 bridgehead atoms. The monoisotopic (exact) mass is 389 g/mol. The van der Waals surface area contributed by atoms with Crippen molar-refractivity contribution in [3.05, 3.63) is 29.3 Å². The molecule has 2 rings (SSSR count). The van der Waals surface area contributed by atoms with E-state index in [9.17, 15) is 9.59 Å². The number of rotatable bonds is 6. The molecule has 0 N–H and O–H groups in total. The second kappa shape index (κ2) is 9.41. The third-order valence-electron chi connectivity index (χ3n) is 5.44. The van der Waals surface area contributed by atoms with Crippen molar-refractivity contribution in [1.82, 2.24) is 14.7 Å². The van der Waals surface area contributed by atoms with E-state index in [4.69, 9.17) is 4.74 Å². The Morgan fingerprint density at radius 1 is 1.25 bits per heavy atom. The molecule has 0 radical (unpaired) electrons. The summed E-state index contributed by atoms with van der Waals surface area (Å²) in [5.41, 5.74) is 1.61. The highest BCUT2D eigenvalue weighted by Gasteiger charge is 2.34. The Morgan fingerprint density at radius 3 is 2.43 bits per heavy atom. The molecular weight excluding hydrogens is 354 g/mol. The standard InChI is InChI=1S/C22H35N3O3/c1-15(2)12-19(23(5)6)22(27)25-11-10-24(14-17(25)4)21(26)18-8-9-20(28-7)16(3)13-18/h8-9,13,15,17,19H,10-12,14H2,1-7H3/t17?,19-/m1/s1. The van der Waals surface area contributed by atoms with Crippen LogP contribution in [-0.2, 0) is 4.79 Å². The highest BCUT2D eigenvalue weighted by Crippen LogP contribution is 2.22. The Bertz CT molecular complexity index is 702. The zero-order valence-electron chi connectivity index (χ0n) is 18.4. The maximum atomic E-state index is 13.1. The molecule has 1 aliphatic rings. The lowest BCUT2D eigenvalue weighted by molar-refractivity contribution is -0.140. The Hall–Kier alpha value is -2.08. The molecule has 6 nitrogen and oxygen atoms in total. The lowest BCUT2D eigenvalue weighted by atomic mass is 10.0. The van der Waals surface area contributed by atoms with Crippen molar-refractivity contribution in [3.8, 4) is 5.75 Å². The number of aryl methyl sites for hydroxylation is 1. The van der Waals surface area contributed by atoms with Gasteiger partial charge in [-0.25, -0.2) is 0 Å². The van der Waals surface area contributed by atoms with Gasteiger partial charge in [0, 0.05) is 31.2 Å². The maximum absolute atomic E-state index is 13.1. The van der Waals surface area contributed by atoms with E-state index in [-0.39, 0.29) is 23.9 Å². The molecule has 1 aromatic rings. The van der Waals surface area contributed by atoms with Crippen molar-refractivity contribution in [2.75, 3.05) is 40.8 Å². The van der Waals surface area contributed by atoms with E-state index >= 15 is 0 Å². The Balaban J connectivity index is 2.07. The van der Waals surface area contributed by atoms with Gasteiger partial charge in [-0.05, 0) is 64.0 Å². The molecule has 1 unspecified atom stereocenters. The van der Waals surface area contributed by atoms with Crippen molar-refractivity contribution < 1.29 is 14.3 Å². The van der Waals surface area contributed by atoms with Gasteiger partial charge in [-0.1, -0.05) is 13.8 Å². The van der Waals surface area contributed by atoms with Crippen molar-refractivity contribution in [3.63, 3.8) is 0 Å². The Labute approximate surface area is 169 Å². The minimum absolute atomic E-state index is 0.000780. The molecule has 28 heavy (non-hydrogen) atoms. The van der Waals surface area contributed by atoms with Crippen LogP contribution >= 0.6 is 0 Å². The molecule has 1 fully saturated rings. The van der Waals surface area contributed by atoms with Gasteiger partial charge in [0.05, 0.1) is 13.2 Å². The molecule has 1 aliphatic heterocycles. The number of likely N-dealkylation sites (N-methyl/N-ethyl adjacent to an activating group) is 1. The smallest absolute Gasteiger partial charge is 0.253 e. The van der Waals surface area contributed by atoms with E-state index in [1.165, 1.54) is 0 Å². The molecule has 0 spiro atoms. The molecule has 156 valence electrons. The predicted molar refractivity (Wildman–Crippen MR) is 112 cm³/mol. The van der Waals surface area contributed by atoms with E-state index in [1.807, 2.05) is 54.8 Å². The number of hydrogen-bond acceptors (Lipinski definition) is 4. The Morgan fingerprint density at radius 2 is 1.93 bits per heavy atom. The van der Waals surface area contributed by atoms with Crippen molar-refractivity contribution in [2.24, 2.45) is 5.92 Å². The van der Waals surface area contributed by atoms with Gasteiger partial charge in [-0.15, -0.1) is 0 Å². The summed E-state index contributed by atoms with van der Waals surface area (Å²) < 4.78 is 5.28. The van der Waals surface area contributed by atoms with Crippen LogP contribution < -0.4 is 4.74 Å². The number of methoxy groups -OCH3 is 1. The number of nitrogens with zero attached hydrogens (tertiary/aromatic N) is 3. The van der Waals surface area contributed by atoms with Crippen molar-refractivity contribution in [1.29, 1.82) is 0 Å². The van der Waals surface area contributed by atoms with Gasteiger partial charge in [0.1, 0.15) is 5.75 Å². The fourth-order valence-corrected chi connectivity index (χ4v) is 3.83. The lowest BCUT2D eigenvalue weighted by Gasteiger charge is -2.42. The Kier molecular flexibility index (Phi) is 7.47. The zero-order valence-corrected chi connectivity index (χ0v) is 18.4. The number of benzene rings is 1. The van der Waals surface area contributed by atoms with Crippen LogP contribution in [0.25, 0.3) is 0 Å². The van der Waals surface area contributed by atoms with E-state index < -0.39 is 0 Å². The molecule has 0 aliphatic carbocycles. The number of ether oxygens (including phenoxy) is 1. The van der Waals surface area contributed by atoms with Crippen molar-refractivity contribution in [2.45, 2.75) is 46.2 Å². The third kappa shape index (κ3) is 5.04. The average molecular weight is 390 g/mol. The van der Waals surface area contributed by atoms with E-state index in [2.05, 4.69) is 13.8 Å². The first-order valence-corrected chi connectivity index (χ1v) is 10.1. The van der Waals surface area contributed by atoms with Crippen LogP contribution in [0.2, 0.25) is 0 Å². The molecule has 0 saturated carbocycles. The molecule has 2 atom stereocenters. The third-order valence-corrected chi connectivity index (χ3v) is 5.44. The van der Waals surface area contributed by atoms with Crippen molar-refractivity contribution >= 4 is 11.8 Å². The van der Waals surface area contributed by atoms with Crippen LogP contribution in [0.15, 0.2) is 18.2 Å². The van der Waals surface area contributed by atoms with Crippen LogP contribution in [0.3, 0.4) is 0 Å². The van der Waals surface area contributed by atoms with E-state index in [0.29, 0.717) is 31.1 Å². The highest BCUT2D eigenvalue weighted by molar-refractivity contribution is 5.95. The second-order valence-electron chi connectivity index (χ2n) is 8.43. The topological polar surface area (TPSA) is 53.1 Å². The summed E-state index contributed by atoms with van der Waals surface area (Å²) in [5.74, 6) is 1.41. The molecule has 0 aromatic heterocycles. The normalized spacial score (nSPS) is 18.5. The summed E-state index contributed by atoms with van der Waals surface area (Å²) in [5, 5.41) is 0. The largest absolute Gasteiger partial charge is 0.496 e. The summed E-state index contributed by atoms with van der Waals surface area (Å²) in [6.45, 7) is 9.92. The van der Waals surface area contributed by atoms with Gasteiger partial charge in [0.2, 0.25) is 5.91 Å². The first kappa shape index (κ1) is 22.2. The molecule has 1 saturated heterocycles. The van der Waals surface area contributed by atoms with Gasteiger partial charge in [-0.2, -0.15) is 0 Å². The number of carbonyl (C=O) groups is 2. The SMILES string of the molecule is COc1ccc(C(=O)N2CCN(C(=O)[C@@H](CC(C)C)N(C)C)C(C)C2)cc1C. The first-order valence-electron chi connectivity index (χ1n) is 10.1. The number of carbonyl (C=O) groups excluding carboxylic acids is 2. The summed E-state index contributed by atoms with van der Waals surface area (Å²) in [7, 11) is 5.55. The summed E-state index contributed by atoms with van der Waals surface area (Å²) in [6, 6.07) is 5.39. The summed E-state index contributed by atoms with van der Waals surface area (Å²) in [4.78, 5) is 31.8. The van der Waals surface area contributed by atoms with Gasteiger partial charge in [-0.3, -0.25) is 14.5 Å². The van der Waals surface area contributed by atoms with Gasteiger partial charge in [0.25, 0.3) is 5.91 Å². The second-order valence-corrected chi connectivity index (χ2v) is 8.43. The lowest BCUT2D eigenvalue weighted by Crippen LogP contribution is -2.59. The van der Waals surface area contributed by atoms with Crippen LogP contribution in [0, 0.1) is 12.8 Å². The maximum Gasteiger partial charge on any atom is 0.253 e.